The van der Waals surface area contributed by atoms with Crippen LogP contribution in [-0.2, 0) is 9.53 Å². The number of para-hydroxylation sites is 1. The van der Waals surface area contributed by atoms with Crippen molar-refractivity contribution >= 4 is 29.3 Å². The van der Waals surface area contributed by atoms with Gasteiger partial charge in [0.25, 0.3) is 0 Å². The van der Waals surface area contributed by atoms with Gasteiger partial charge in [-0.05, 0) is 24.3 Å². The number of aromatic nitrogens is 1. The van der Waals surface area contributed by atoms with Crippen LogP contribution in [0.5, 0.6) is 0 Å². The Balaban J connectivity index is 2.04. The van der Waals surface area contributed by atoms with Crippen molar-refractivity contribution in [2.45, 2.75) is 5.03 Å². The largest absolute Gasteiger partial charge is 0.465 e. The molecule has 1 aromatic heterocycles. The summed E-state index contributed by atoms with van der Waals surface area (Å²) >= 11 is 1.16. The maximum absolute atomic E-state index is 12.1. The maximum Gasteiger partial charge on any atom is 0.339 e. The van der Waals surface area contributed by atoms with E-state index < -0.39 is 5.97 Å². The Morgan fingerprint density at radius 3 is 2.83 bits per heavy atom. The van der Waals surface area contributed by atoms with Crippen molar-refractivity contribution < 1.29 is 14.3 Å². The van der Waals surface area contributed by atoms with E-state index in [0.717, 1.165) is 11.8 Å². The minimum atomic E-state index is -0.523. The fourth-order valence-corrected chi connectivity index (χ4v) is 2.54. The van der Waals surface area contributed by atoms with Crippen LogP contribution >= 0.6 is 11.8 Å². The standard InChI is InChI=1S/C16H13N3O3S/c1-22-16(21)12-6-2-3-7-13(12)19-14(20)10-23-15-11(9-17)5-4-8-18-15/h2-8H,10H2,1H3,(H,19,20). The molecular weight excluding hydrogens is 314 g/mol. The van der Waals surface area contributed by atoms with Crippen LogP contribution in [0.1, 0.15) is 15.9 Å². The van der Waals surface area contributed by atoms with Gasteiger partial charge in [0.15, 0.2) is 0 Å². The van der Waals surface area contributed by atoms with Gasteiger partial charge in [-0.1, -0.05) is 23.9 Å². The summed E-state index contributed by atoms with van der Waals surface area (Å²) in [6, 6.07) is 11.9. The number of carbonyl (C=O) groups is 2. The quantitative estimate of drug-likeness (QED) is 0.670. The Bertz CT molecular complexity index is 771. The molecule has 1 heterocycles. The highest BCUT2D eigenvalue weighted by Crippen LogP contribution is 2.20. The van der Waals surface area contributed by atoms with Crippen LogP contribution in [0.4, 0.5) is 5.69 Å². The highest BCUT2D eigenvalue weighted by atomic mass is 32.2. The summed E-state index contributed by atoms with van der Waals surface area (Å²) in [6.45, 7) is 0. The van der Waals surface area contributed by atoms with Gasteiger partial charge < -0.3 is 10.1 Å². The maximum atomic E-state index is 12.1. The van der Waals surface area contributed by atoms with Gasteiger partial charge in [-0.3, -0.25) is 4.79 Å². The van der Waals surface area contributed by atoms with Crippen molar-refractivity contribution in [1.82, 2.24) is 4.98 Å². The number of ether oxygens (including phenoxy) is 1. The predicted octanol–water partition coefficient (Wildman–Crippen LogP) is 2.47. The first-order chi connectivity index (χ1) is 11.2. The molecule has 0 radical (unpaired) electrons. The molecule has 0 atom stereocenters. The summed E-state index contributed by atoms with van der Waals surface area (Å²) in [5.41, 5.74) is 1.08. The van der Waals surface area contributed by atoms with Crippen LogP contribution < -0.4 is 5.32 Å². The molecule has 7 heteroatoms. The number of esters is 1. The van der Waals surface area contributed by atoms with Crippen molar-refractivity contribution in [1.29, 1.82) is 5.26 Å². The predicted molar refractivity (Wildman–Crippen MR) is 86.1 cm³/mol. The lowest BCUT2D eigenvalue weighted by Crippen LogP contribution is -2.17. The molecule has 0 saturated heterocycles. The zero-order valence-corrected chi connectivity index (χ0v) is 13.1. The van der Waals surface area contributed by atoms with Gasteiger partial charge in [0, 0.05) is 6.20 Å². The minimum absolute atomic E-state index is 0.0706. The number of thioether (sulfide) groups is 1. The Morgan fingerprint density at radius 2 is 2.09 bits per heavy atom. The van der Waals surface area contributed by atoms with Crippen LogP contribution in [0.2, 0.25) is 0 Å². The Labute approximate surface area is 137 Å². The molecule has 116 valence electrons. The fourth-order valence-electron chi connectivity index (χ4n) is 1.79. The van der Waals surface area contributed by atoms with Crippen molar-refractivity contribution in [2.75, 3.05) is 18.2 Å². The second-order valence-corrected chi connectivity index (χ2v) is 5.31. The Hall–Kier alpha value is -2.85. The highest BCUT2D eigenvalue weighted by molar-refractivity contribution is 8.00. The number of anilines is 1. The van der Waals surface area contributed by atoms with Crippen LogP contribution in [0, 0.1) is 11.3 Å². The summed E-state index contributed by atoms with van der Waals surface area (Å²) in [6.07, 6.45) is 1.56. The first-order valence-corrected chi connectivity index (χ1v) is 7.59. The number of hydrogen-bond acceptors (Lipinski definition) is 6. The monoisotopic (exact) mass is 327 g/mol. The highest BCUT2D eigenvalue weighted by Gasteiger charge is 2.14. The zero-order valence-electron chi connectivity index (χ0n) is 12.3. The summed E-state index contributed by atoms with van der Waals surface area (Å²) in [7, 11) is 1.28. The van der Waals surface area contributed by atoms with E-state index in [1.165, 1.54) is 7.11 Å². The normalized spacial score (nSPS) is 9.74. The molecule has 6 nitrogen and oxygen atoms in total. The van der Waals surface area contributed by atoms with Crippen molar-refractivity contribution in [3.8, 4) is 6.07 Å². The van der Waals surface area contributed by atoms with Crippen molar-refractivity contribution in [2.24, 2.45) is 0 Å². The van der Waals surface area contributed by atoms with Crippen LogP contribution in [0.15, 0.2) is 47.6 Å². The molecule has 0 saturated carbocycles. The minimum Gasteiger partial charge on any atom is -0.465 e. The van der Waals surface area contributed by atoms with Crippen LogP contribution in [0.25, 0.3) is 0 Å². The lowest BCUT2D eigenvalue weighted by Gasteiger charge is -2.09. The molecule has 0 fully saturated rings. The number of benzene rings is 1. The number of nitriles is 1. The van der Waals surface area contributed by atoms with Gasteiger partial charge in [0.2, 0.25) is 5.91 Å². The summed E-state index contributed by atoms with van der Waals surface area (Å²) in [4.78, 5) is 27.8. The Morgan fingerprint density at radius 1 is 1.30 bits per heavy atom. The zero-order chi connectivity index (χ0) is 16.7. The molecule has 23 heavy (non-hydrogen) atoms. The molecule has 0 bridgehead atoms. The molecule has 1 amide bonds. The number of nitrogens with one attached hydrogen (secondary N) is 1. The molecular formula is C16H13N3O3S. The lowest BCUT2D eigenvalue weighted by molar-refractivity contribution is -0.113. The van der Waals surface area contributed by atoms with E-state index in [1.807, 2.05) is 6.07 Å². The molecule has 0 spiro atoms. The molecule has 1 aromatic carbocycles. The van der Waals surface area contributed by atoms with Gasteiger partial charge in [-0.25, -0.2) is 9.78 Å². The Kier molecular flexibility index (Phi) is 5.72. The second-order valence-electron chi connectivity index (χ2n) is 4.34. The number of pyridine rings is 1. The molecule has 2 aromatic rings. The van der Waals surface area contributed by atoms with E-state index in [-0.39, 0.29) is 17.2 Å². The SMILES string of the molecule is COC(=O)c1ccccc1NC(=O)CSc1ncccc1C#N. The molecule has 0 aliphatic heterocycles. The third-order valence-electron chi connectivity index (χ3n) is 2.84. The summed E-state index contributed by atoms with van der Waals surface area (Å²) < 4.78 is 4.68. The first kappa shape index (κ1) is 16.5. The van der Waals surface area contributed by atoms with Crippen molar-refractivity contribution in [3.05, 3.63) is 53.7 Å². The lowest BCUT2D eigenvalue weighted by atomic mass is 10.2. The average Bonchev–Trinajstić information content (AvgIpc) is 2.60. The summed E-state index contributed by atoms with van der Waals surface area (Å²) in [5, 5.41) is 12.1. The number of methoxy groups -OCH3 is 1. The van der Waals surface area contributed by atoms with Gasteiger partial charge in [0.1, 0.15) is 11.1 Å². The van der Waals surface area contributed by atoms with Gasteiger partial charge in [0.05, 0.1) is 29.7 Å². The van der Waals surface area contributed by atoms with E-state index in [9.17, 15) is 9.59 Å². The van der Waals surface area contributed by atoms with Gasteiger partial charge in [-0.15, -0.1) is 0 Å². The molecule has 0 unspecified atom stereocenters. The number of carbonyl (C=O) groups excluding carboxylic acids is 2. The molecule has 0 aliphatic rings. The molecule has 2 rings (SSSR count). The van der Waals surface area contributed by atoms with Gasteiger partial charge >= 0.3 is 5.97 Å². The smallest absolute Gasteiger partial charge is 0.339 e. The topological polar surface area (TPSA) is 92.1 Å². The fraction of sp³-hybridized carbons (Fsp3) is 0.125. The van der Waals surface area contributed by atoms with Crippen LogP contribution in [-0.4, -0.2) is 29.7 Å². The molecule has 0 aliphatic carbocycles. The van der Waals surface area contributed by atoms with Gasteiger partial charge in [-0.2, -0.15) is 5.26 Å². The van der Waals surface area contributed by atoms with E-state index in [0.29, 0.717) is 16.3 Å². The van der Waals surface area contributed by atoms with E-state index >= 15 is 0 Å². The van der Waals surface area contributed by atoms with Crippen molar-refractivity contribution in [3.63, 3.8) is 0 Å². The van der Waals surface area contributed by atoms with E-state index in [2.05, 4.69) is 15.0 Å². The van der Waals surface area contributed by atoms with E-state index in [1.54, 1.807) is 42.6 Å². The third-order valence-corrected chi connectivity index (χ3v) is 3.84. The number of hydrogen-bond donors (Lipinski definition) is 1. The van der Waals surface area contributed by atoms with E-state index in [4.69, 9.17) is 5.26 Å². The number of nitrogens with zero attached hydrogens (tertiary/aromatic N) is 2. The average molecular weight is 327 g/mol. The van der Waals surface area contributed by atoms with Crippen LogP contribution in [0.3, 0.4) is 0 Å². The molecule has 1 N–H and O–H groups in total. The first-order valence-electron chi connectivity index (χ1n) is 6.61. The third kappa shape index (κ3) is 4.31. The number of rotatable bonds is 5. The summed E-state index contributed by atoms with van der Waals surface area (Å²) in [5.74, 6) is -0.757. The number of amides is 1. The second kappa shape index (κ2) is 7.96.